The lowest BCUT2D eigenvalue weighted by molar-refractivity contribution is 0.0733. The van der Waals surface area contributed by atoms with Gasteiger partial charge in [0.2, 0.25) is 0 Å². The largest absolute Gasteiger partial charge is 0.423 e. The normalized spacial score (nSPS) is 15.2. The summed E-state index contributed by atoms with van der Waals surface area (Å²) in [4.78, 5) is 14.6. The number of hydrogen-bond donors (Lipinski definition) is 0. The monoisotopic (exact) mass is 355 g/mol. The first-order valence-electron chi connectivity index (χ1n) is 8.14. The van der Waals surface area contributed by atoms with E-state index < -0.39 is 0 Å². The van der Waals surface area contributed by atoms with Gasteiger partial charge in [-0.1, -0.05) is 30.2 Å². The van der Waals surface area contributed by atoms with Gasteiger partial charge < -0.3 is 4.74 Å². The number of terminal acetylenes is 1. The van der Waals surface area contributed by atoms with Crippen LogP contribution in [0.25, 0.3) is 0 Å². The molecule has 0 amide bonds. The zero-order valence-electron chi connectivity index (χ0n) is 14.5. The molecule has 0 heterocycles. The zero-order chi connectivity index (χ0) is 17.1. The molecule has 0 bridgehead atoms. The molecule has 0 radical (unpaired) electrons. The summed E-state index contributed by atoms with van der Waals surface area (Å²) in [5.41, 5.74) is 4.02. The Morgan fingerprint density at radius 1 is 1.32 bits per heavy atom. The zero-order valence-corrected chi connectivity index (χ0v) is 15.3. The van der Waals surface area contributed by atoms with Crippen molar-refractivity contribution in [3.63, 3.8) is 0 Å². The minimum Gasteiger partial charge on any atom is -0.423 e. The predicted molar refractivity (Wildman–Crippen MR) is 102 cm³/mol. The standard InChI is InChI=1S/C21H21NO2.ClH/c1-4-13-22(3)20-12-10-16-9-11-17(14-19(16)20)24-21(23)18-8-6-5-7-15(18)2;/h1,5-9,11,14,20H,10,12-13H2,2-3H3;1H/t20-;/m1./s1. The van der Waals surface area contributed by atoms with Crippen molar-refractivity contribution in [3.05, 3.63) is 64.7 Å². The van der Waals surface area contributed by atoms with Crippen LogP contribution in [-0.4, -0.2) is 24.5 Å². The fourth-order valence-electron chi connectivity index (χ4n) is 3.30. The molecule has 1 aliphatic carbocycles. The highest BCUT2D eigenvalue weighted by Crippen LogP contribution is 2.37. The third-order valence-corrected chi connectivity index (χ3v) is 4.61. The quantitative estimate of drug-likeness (QED) is 0.468. The highest BCUT2D eigenvalue weighted by molar-refractivity contribution is 5.92. The predicted octanol–water partition coefficient (Wildman–Crippen LogP) is 4.19. The van der Waals surface area contributed by atoms with Crippen LogP contribution in [0.4, 0.5) is 0 Å². The Morgan fingerprint density at radius 3 is 2.80 bits per heavy atom. The van der Waals surface area contributed by atoms with Crippen molar-refractivity contribution in [1.82, 2.24) is 4.90 Å². The van der Waals surface area contributed by atoms with Crippen LogP contribution in [-0.2, 0) is 6.42 Å². The van der Waals surface area contributed by atoms with Gasteiger partial charge in [0, 0.05) is 6.04 Å². The molecule has 3 nitrogen and oxygen atoms in total. The highest BCUT2D eigenvalue weighted by atomic mass is 35.5. The Kier molecular flexibility index (Phi) is 6.25. The lowest BCUT2D eigenvalue weighted by Gasteiger charge is -2.23. The fraction of sp³-hybridized carbons (Fsp3) is 0.286. The highest BCUT2D eigenvalue weighted by Gasteiger charge is 2.26. The molecule has 1 aliphatic rings. The van der Waals surface area contributed by atoms with E-state index in [0.717, 1.165) is 18.4 Å². The molecular weight excluding hydrogens is 334 g/mol. The SMILES string of the molecule is C#CCN(C)[C@@H]1CCc2ccc(OC(=O)c3ccccc3C)cc21.Cl. The van der Waals surface area contributed by atoms with Crippen molar-refractivity contribution in [2.45, 2.75) is 25.8 Å². The van der Waals surface area contributed by atoms with Gasteiger partial charge >= 0.3 is 5.97 Å². The molecule has 25 heavy (non-hydrogen) atoms. The smallest absolute Gasteiger partial charge is 0.343 e. The maximum absolute atomic E-state index is 12.4. The number of rotatable bonds is 4. The minimum absolute atomic E-state index is 0. The van der Waals surface area contributed by atoms with E-state index in [9.17, 15) is 4.79 Å². The number of carbonyl (C=O) groups is 1. The summed E-state index contributed by atoms with van der Waals surface area (Å²) in [7, 11) is 2.03. The van der Waals surface area contributed by atoms with E-state index in [4.69, 9.17) is 11.2 Å². The molecular formula is C21H22ClNO2. The van der Waals surface area contributed by atoms with Crippen molar-refractivity contribution in [3.8, 4) is 18.1 Å². The number of aryl methyl sites for hydroxylation is 2. The number of hydrogen-bond acceptors (Lipinski definition) is 3. The topological polar surface area (TPSA) is 29.5 Å². The molecule has 2 aromatic rings. The molecule has 0 aromatic heterocycles. The summed E-state index contributed by atoms with van der Waals surface area (Å²) in [6, 6.07) is 13.6. The average Bonchev–Trinajstić information content (AvgIpc) is 2.98. The summed E-state index contributed by atoms with van der Waals surface area (Å²) >= 11 is 0. The van der Waals surface area contributed by atoms with E-state index in [2.05, 4.69) is 16.9 Å². The van der Waals surface area contributed by atoms with Crippen LogP contribution in [0, 0.1) is 19.3 Å². The van der Waals surface area contributed by atoms with Crippen molar-refractivity contribution >= 4 is 18.4 Å². The number of halogens is 1. The van der Waals surface area contributed by atoms with Gasteiger partial charge in [-0.3, -0.25) is 4.90 Å². The van der Waals surface area contributed by atoms with E-state index in [0.29, 0.717) is 17.9 Å². The first-order chi connectivity index (χ1) is 11.6. The third-order valence-electron chi connectivity index (χ3n) is 4.61. The van der Waals surface area contributed by atoms with Crippen LogP contribution >= 0.6 is 12.4 Å². The molecule has 0 saturated carbocycles. The Hall–Kier alpha value is -2.28. The molecule has 130 valence electrons. The van der Waals surface area contributed by atoms with Gasteiger partial charge in [-0.05, 0) is 61.7 Å². The summed E-state index contributed by atoms with van der Waals surface area (Å²) in [6.45, 7) is 2.52. The molecule has 0 unspecified atom stereocenters. The van der Waals surface area contributed by atoms with Gasteiger partial charge in [0.1, 0.15) is 5.75 Å². The molecule has 1 atom stereocenters. The summed E-state index contributed by atoms with van der Waals surface area (Å²) in [6.07, 6.45) is 7.50. The third kappa shape index (κ3) is 4.04. The number of carbonyl (C=O) groups excluding carboxylic acids is 1. The maximum atomic E-state index is 12.4. The van der Waals surface area contributed by atoms with Crippen molar-refractivity contribution in [2.75, 3.05) is 13.6 Å². The van der Waals surface area contributed by atoms with Gasteiger partial charge in [-0.2, -0.15) is 0 Å². The molecule has 0 aliphatic heterocycles. The van der Waals surface area contributed by atoms with E-state index in [1.807, 2.05) is 44.3 Å². The van der Waals surface area contributed by atoms with Gasteiger partial charge in [0.25, 0.3) is 0 Å². The second kappa shape index (κ2) is 8.20. The Labute approximate surface area is 155 Å². The van der Waals surface area contributed by atoms with E-state index >= 15 is 0 Å². The first kappa shape index (κ1) is 19.1. The molecule has 0 spiro atoms. The number of esters is 1. The minimum atomic E-state index is -0.320. The van der Waals surface area contributed by atoms with Crippen LogP contribution in [0.3, 0.4) is 0 Å². The van der Waals surface area contributed by atoms with Crippen LogP contribution in [0.2, 0.25) is 0 Å². The maximum Gasteiger partial charge on any atom is 0.343 e. The van der Waals surface area contributed by atoms with Crippen molar-refractivity contribution in [2.24, 2.45) is 0 Å². The van der Waals surface area contributed by atoms with Gasteiger partial charge in [0.05, 0.1) is 12.1 Å². The lowest BCUT2D eigenvalue weighted by atomic mass is 10.1. The van der Waals surface area contributed by atoms with E-state index in [1.165, 1.54) is 11.1 Å². The molecule has 4 heteroatoms. The Balaban J connectivity index is 0.00000225. The van der Waals surface area contributed by atoms with Crippen molar-refractivity contribution in [1.29, 1.82) is 0 Å². The Morgan fingerprint density at radius 2 is 2.08 bits per heavy atom. The van der Waals surface area contributed by atoms with Crippen LogP contribution in [0.5, 0.6) is 5.75 Å². The number of nitrogens with zero attached hydrogens (tertiary/aromatic N) is 1. The number of ether oxygens (including phenoxy) is 1. The molecule has 0 fully saturated rings. The van der Waals surface area contributed by atoms with Crippen molar-refractivity contribution < 1.29 is 9.53 Å². The van der Waals surface area contributed by atoms with E-state index in [1.54, 1.807) is 6.07 Å². The van der Waals surface area contributed by atoms with Crippen LogP contribution in [0.1, 0.15) is 39.5 Å². The molecule has 2 aromatic carbocycles. The van der Waals surface area contributed by atoms with E-state index in [-0.39, 0.29) is 24.4 Å². The second-order valence-corrected chi connectivity index (χ2v) is 6.24. The summed E-state index contributed by atoms with van der Waals surface area (Å²) < 4.78 is 5.60. The number of fused-ring (bicyclic) bond motifs is 1. The first-order valence-corrected chi connectivity index (χ1v) is 8.14. The van der Waals surface area contributed by atoms with Gasteiger partial charge in [-0.15, -0.1) is 18.8 Å². The molecule has 3 rings (SSSR count). The molecule has 0 saturated heterocycles. The van der Waals surface area contributed by atoms with Gasteiger partial charge in [0.15, 0.2) is 0 Å². The fourth-order valence-corrected chi connectivity index (χ4v) is 3.30. The van der Waals surface area contributed by atoms with Crippen LogP contribution in [0.15, 0.2) is 42.5 Å². The number of benzene rings is 2. The summed E-state index contributed by atoms with van der Waals surface area (Å²) in [5.74, 6) is 2.96. The Bertz CT molecular complexity index is 810. The van der Waals surface area contributed by atoms with Crippen LogP contribution < -0.4 is 4.74 Å². The average molecular weight is 356 g/mol. The molecule has 0 N–H and O–H groups in total. The lowest BCUT2D eigenvalue weighted by Crippen LogP contribution is -2.23. The van der Waals surface area contributed by atoms with Gasteiger partial charge in [-0.25, -0.2) is 4.79 Å². The summed E-state index contributed by atoms with van der Waals surface area (Å²) in [5, 5.41) is 0. The second-order valence-electron chi connectivity index (χ2n) is 6.24.